The number of piperidine rings is 3. The van der Waals surface area contributed by atoms with Gasteiger partial charge in [0.2, 0.25) is 5.60 Å². The molecule has 0 radical (unpaired) electrons. The van der Waals surface area contributed by atoms with Crippen LogP contribution >= 0.6 is 0 Å². The molecule has 3 saturated heterocycles. The van der Waals surface area contributed by atoms with Crippen LogP contribution in [0.2, 0.25) is 0 Å². The third-order valence-electron chi connectivity index (χ3n) is 6.18. The summed E-state index contributed by atoms with van der Waals surface area (Å²) < 4.78 is 12.3. The lowest BCUT2D eigenvalue weighted by Gasteiger charge is -2.51. The normalized spacial score (nSPS) is 29.1. The lowest BCUT2D eigenvalue weighted by atomic mass is 9.83. The van der Waals surface area contributed by atoms with E-state index < -0.39 is 11.6 Å². The second kappa shape index (κ2) is 6.98. The van der Waals surface area contributed by atoms with Crippen LogP contribution in [-0.2, 0) is 15.1 Å². The van der Waals surface area contributed by atoms with Crippen molar-refractivity contribution < 1.29 is 23.5 Å². The van der Waals surface area contributed by atoms with E-state index in [9.17, 15) is 9.90 Å². The van der Waals surface area contributed by atoms with Gasteiger partial charge in [0.25, 0.3) is 0 Å². The zero-order valence-electron chi connectivity index (χ0n) is 15.4. The maximum absolute atomic E-state index is 13.2. The highest BCUT2D eigenvalue weighted by atomic mass is 16.6. The number of fused-ring (bicyclic) bond motifs is 3. The van der Waals surface area contributed by atoms with Gasteiger partial charge in [-0.05, 0) is 18.2 Å². The van der Waals surface area contributed by atoms with Gasteiger partial charge in [0.1, 0.15) is 6.54 Å². The van der Waals surface area contributed by atoms with Crippen LogP contribution < -0.4 is 0 Å². The SMILES string of the molecule is C=CC[N+]12CCC(CC1)[C@@H](OC(=O)C(O)(c1ccccc1)c1ccco1)C2. The van der Waals surface area contributed by atoms with Crippen LogP contribution in [0.5, 0.6) is 0 Å². The van der Waals surface area contributed by atoms with E-state index in [4.69, 9.17) is 9.15 Å². The zero-order chi connectivity index (χ0) is 18.9. The van der Waals surface area contributed by atoms with E-state index in [1.54, 1.807) is 36.4 Å². The molecule has 0 amide bonds. The Labute approximate surface area is 159 Å². The molecule has 3 fully saturated rings. The van der Waals surface area contributed by atoms with Crippen molar-refractivity contribution in [1.82, 2.24) is 0 Å². The van der Waals surface area contributed by atoms with Gasteiger partial charge in [0.15, 0.2) is 11.9 Å². The van der Waals surface area contributed by atoms with E-state index in [0.717, 1.165) is 43.5 Å². The zero-order valence-corrected chi connectivity index (χ0v) is 15.4. The number of aliphatic hydroxyl groups is 1. The minimum atomic E-state index is -1.94. The third kappa shape index (κ3) is 3.11. The lowest BCUT2D eigenvalue weighted by Crippen LogP contribution is -2.64. The molecule has 2 aromatic rings. The molecule has 0 saturated carbocycles. The fourth-order valence-electron chi connectivity index (χ4n) is 4.63. The lowest BCUT2D eigenvalue weighted by molar-refractivity contribution is -0.941. The Morgan fingerprint density at radius 1 is 1.26 bits per heavy atom. The third-order valence-corrected chi connectivity index (χ3v) is 6.18. The maximum Gasteiger partial charge on any atom is 0.351 e. The van der Waals surface area contributed by atoms with Crippen molar-refractivity contribution in [2.75, 3.05) is 26.2 Å². The summed E-state index contributed by atoms with van der Waals surface area (Å²) in [5.41, 5.74) is -1.50. The summed E-state index contributed by atoms with van der Waals surface area (Å²) in [6, 6.07) is 12.1. The quantitative estimate of drug-likeness (QED) is 0.484. The molecule has 3 aliphatic heterocycles. The Balaban J connectivity index is 1.61. The first-order valence-corrected chi connectivity index (χ1v) is 9.56. The minimum absolute atomic E-state index is 0.176. The molecule has 0 spiro atoms. The van der Waals surface area contributed by atoms with Crippen molar-refractivity contribution in [3.63, 3.8) is 0 Å². The van der Waals surface area contributed by atoms with Crippen LogP contribution in [0.4, 0.5) is 0 Å². The molecule has 1 aromatic carbocycles. The first-order chi connectivity index (χ1) is 13.1. The fourth-order valence-corrected chi connectivity index (χ4v) is 4.63. The second-order valence-electron chi connectivity index (χ2n) is 7.78. The van der Waals surface area contributed by atoms with E-state index in [0.29, 0.717) is 11.5 Å². The molecule has 1 N–H and O–H groups in total. The fraction of sp³-hybridized carbons (Fsp3) is 0.409. The number of hydrogen-bond donors (Lipinski definition) is 1. The average Bonchev–Trinajstić information content (AvgIpc) is 3.24. The number of rotatable bonds is 6. The van der Waals surface area contributed by atoms with Crippen LogP contribution in [0.3, 0.4) is 0 Å². The Kier molecular flexibility index (Phi) is 4.66. The van der Waals surface area contributed by atoms with Crippen molar-refractivity contribution in [1.29, 1.82) is 0 Å². The molecule has 3 aliphatic rings. The van der Waals surface area contributed by atoms with Crippen LogP contribution in [0, 0.1) is 5.92 Å². The number of esters is 1. The molecule has 1 unspecified atom stereocenters. The summed E-state index contributed by atoms with van der Waals surface area (Å²) in [4.78, 5) is 13.2. The van der Waals surface area contributed by atoms with Gasteiger partial charge in [-0.25, -0.2) is 4.79 Å². The van der Waals surface area contributed by atoms with E-state index in [1.807, 2.05) is 12.1 Å². The average molecular weight is 368 g/mol. The van der Waals surface area contributed by atoms with E-state index in [-0.39, 0.29) is 11.9 Å². The highest BCUT2D eigenvalue weighted by molar-refractivity contribution is 5.84. The Morgan fingerprint density at radius 2 is 2.00 bits per heavy atom. The van der Waals surface area contributed by atoms with Gasteiger partial charge in [-0.2, -0.15) is 0 Å². The molecule has 2 atom stereocenters. The number of hydrogen-bond acceptors (Lipinski definition) is 4. The summed E-state index contributed by atoms with van der Waals surface area (Å²) in [5.74, 6) is -0.135. The Bertz CT molecular complexity index is 793. The van der Waals surface area contributed by atoms with Gasteiger partial charge >= 0.3 is 5.97 Å². The summed E-state index contributed by atoms with van der Waals surface area (Å²) in [6.07, 6.45) is 5.29. The topological polar surface area (TPSA) is 59.7 Å². The first-order valence-electron chi connectivity index (χ1n) is 9.56. The van der Waals surface area contributed by atoms with Crippen molar-refractivity contribution in [3.8, 4) is 0 Å². The summed E-state index contributed by atoms with van der Waals surface area (Å²) in [7, 11) is 0. The Morgan fingerprint density at radius 3 is 2.63 bits per heavy atom. The molecule has 1 aromatic heterocycles. The van der Waals surface area contributed by atoms with Gasteiger partial charge in [-0.15, -0.1) is 0 Å². The van der Waals surface area contributed by atoms with Gasteiger partial charge in [-0.3, -0.25) is 0 Å². The Hall–Kier alpha value is -2.37. The molecule has 27 heavy (non-hydrogen) atoms. The van der Waals surface area contributed by atoms with Crippen LogP contribution in [0.25, 0.3) is 0 Å². The highest BCUT2D eigenvalue weighted by Gasteiger charge is 2.51. The van der Waals surface area contributed by atoms with E-state index in [2.05, 4.69) is 6.58 Å². The minimum Gasteiger partial charge on any atom is -0.465 e. The van der Waals surface area contributed by atoms with E-state index in [1.165, 1.54) is 6.26 Å². The predicted molar refractivity (Wildman–Crippen MR) is 101 cm³/mol. The predicted octanol–water partition coefficient (Wildman–Crippen LogP) is 2.85. The maximum atomic E-state index is 13.2. The highest BCUT2D eigenvalue weighted by Crippen LogP contribution is 2.38. The summed E-state index contributed by atoms with van der Waals surface area (Å²) >= 11 is 0. The van der Waals surface area contributed by atoms with Gasteiger partial charge in [0.05, 0.1) is 25.9 Å². The second-order valence-corrected chi connectivity index (χ2v) is 7.78. The number of carbonyl (C=O) groups is 1. The molecule has 0 aliphatic carbocycles. The smallest absolute Gasteiger partial charge is 0.351 e. The molecule has 5 heteroatoms. The van der Waals surface area contributed by atoms with Crippen molar-refractivity contribution in [2.24, 2.45) is 5.92 Å². The van der Waals surface area contributed by atoms with Crippen LogP contribution in [0.1, 0.15) is 24.2 Å². The number of benzene rings is 1. The standard InChI is InChI=1S/C22H26NO4/c1-2-12-23-13-10-17(11-14-23)19(16-23)27-21(24)22(25,20-9-6-15-26-20)18-7-4-3-5-8-18/h2-9,15,17,19,25H,1,10-14,16H2/q+1/t17?,19-,22?,23?/m0/s1. The number of ether oxygens (including phenoxy) is 1. The summed E-state index contributed by atoms with van der Waals surface area (Å²) in [6.45, 7) is 7.77. The van der Waals surface area contributed by atoms with Crippen molar-refractivity contribution >= 4 is 5.97 Å². The van der Waals surface area contributed by atoms with Gasteiger partial charge < -0.3 is 18.7 Å². The van der Waals surface area contributed by atoms with Gasteiger partial charge in [0, 0.05) is 24.3 Å². The molecule has 142 valence electrons. The molecule has 2 bridgehead atoms. The molecule has 5 rings (SSSR count). The number of carbonyl (C=O) groups excluding carboxylic acids is 1. The molecular weight excluding hydrogens is 342 g/mol. The monoisotopic (exact) mass is 368 g/mol. The van der Waals surface area contributed by atoms with Gasteiger partial charge in [-0.1, -0.05) is 36.9 Å². The number of nitrogens with zero attached hydrogens (tertiary/aromatic N) is 1. The van der Waals surface area contributed by atoms with Crippen molar-refractivity contribution in [3.05, 3.63) is 72.7 Å². The largest absolute Gasteiger partial charge is 0.465 e. The first kappa shape index (κ1) is 18.0. The molecule has 4 heterocycles. The molecule has 5 nitrogen and oxygen atoms in total. The number of quaternary nitrogens is 1. The van der Waals surface area contributed by atoms with Crippen LogP contribution in [0.15, 0.2) is 65.8 Å². The summed E-state index contributed by atoms with van der Waals surface area (Å²) in [5, 5.41) is 11.4. The molecular formula is C22H26NO4+. The van der Waals surface area contributed by atoms with E-state index >= 15 is 0 Å². The number of furan rings is 1. The van der Waals surface area contributed by atoms with Crippen molar-refractivity contribution in [2.45, 2.75) is 24.5 Å². The van der Waals surface area contributed by atoms with Crippen LogP contribution in [-0.4, -0.2) is 47.8 Å².